The molecule has 0 bridgehead atoms. The first-order chi connectivity index (χ1) is 11.1. The molecule has 2 aromatic carbocycles. The minimum Gasteiger partial charge on any atom is -0.408 e. The largest absolute Gasteiger partial charge is 0.419 e. The van der Waals surface area contributed by atoms with E-state index in [2.05, 4.69) is 27.9 Å². The Balaban J connectivity index is 1.58. The first-order valence-electron chi connectivity index (χ1n) is 7.27. The third-order valence-corrected chi connectivity index (χ3v) is 4.21. The van der Waals surface area contributed by atoms with Crippen molar-refractivity contribution < 1.29 is 9.21 Å². The van der Waals surface area contributed by atoms with Crippen molar-refractivity contribution in [2.45, 2.75) is 19.4 Å². The molecule has 0 atom stereocenters. The van der Waals surface area contributed by atoms with Gasteiger partial charge < -0.3 is 9.73 Å². The predicted molar refractivity (Wildman–Crippen MR) is 97.5 cm³/mol. The van der Waals surface area contributed by atoms with Crippen LogP contribution in [0, 0.1) is 3.57 Å². The van der Waals surface area contributed by atoms with Crippen LogP contribution in [0.3, 0.4) is 0 Å². The van der Waals surface area contributed by atoms with Crippen molar-refractivity contribution in [1.82, 2.24) is 4.57 Å². The van der Waals surface area contributed by atoms with E-state index in [1.165, 1.54) is 0 Å². The number of amides is 1. The number of aryl methyl sites for hydroxylation is 1. The van der Waals surface area contributed by atoms with Crippen molar-refractivity contribution in [1.29, 1.82) is 0 Å². The summed E-state index contributed by atoms with van der Waals surface area (Å²) in [4.78, 5) is 23.8. The molecule has 1 N–H and O–H groups in total. The van der Waals surface area contributed by atoms with E-state index in [0.29, 0.717) is 25.0 Å². The van der Waals surface area contributed by atoms with Crippen LogP contribution in [0.15, 0.2) is 57.7 Å². The van der Waals surface area contributed by atoms with Crippen molar-refractivity contribution in [2.75, 3.05) is 5.32 Å². The van der Waals surface area contributed by atoms with Crippen LogP contribution in [0.4, 0.5) is 5.69 Å². The maximum Gasteiger partial charge on any atom is 0.419 e. The minimum atomic E-state index is -0.385. The number of halogens is 1. The number of hydrogen-bond acceptors (Lipinski definition) is 3. The summed E-state index contributed by atoms with van der Waals surface area (Å²) >= 11 is 2.21. The zero-order valence-corrected chi connectivity index (χ0v) is 14.4. The minimum absolute atomic E-state index is 0.0629. The molecule has 0 aliphatic carbocycles. The van der Waals surface area contributed by atoms with Crippen LogP contribution in [-0.2, 0) is 11.3 Å². The van der Waals surface area contributed by atoms with Gasteiger partial charge in [0.15, 0.2) is 5.58 Å². The molecule has 3 aromatic rings. The fourth-order valence-electron chi connectivity index (χ4n) is 2.38. The molecule has 5 nitrogen and oxygen atoms in total. The van der Waals surface area contributed by atoms with Gasteiger partial charge in [0.25, 0.3) is 0 Å². The molecular weight excluding hydrogens is 407 g/mol. The predicted octanol–water partition coefficient (Wildman–Crippen LogP) is 3.62. The smallest absolute Gasteiger partial charge is 0.408 e. The lowest BCUT2D eigenvalue weighted by atomic mass is 10.2. The Hall–Kier alpha value is -2.09. The Morgan fingerprint density at radius 3 is 2.65 bits per heavy atom. The number of nitrogens with one attached hydrogen (secondary N) is 1. The Bertz CT molecular complexity index is 881. The first kappa shape index (κ1) is 15.8. The lowest BCUT2D eigenvalue weighted by Crippen LogP contribution is -2.17. The van der Waals surface area contributed by atoms with Crippen LogP contribution in [0.25, 0.3) is 11.1 Å². The molecule has 0 aliphatic heterocycles. The highest BCUT2D eigenvalue weighted by atomic mass is 127. The third kappa shape index (κ3) is 3.82. The highest BCUT2D eigenvalue weighted by Crippen LogP contribution is 2.14. The average molecular weight is 422 g/mol. The molecule has 3 rings (SSSR count). The van der Waals surface area contributed by atoms with Gasteiger partial charge in [0.05, 0.1) is 5.52 Å². The number of aromatic nitrogens is 1. The monoisotopic (exact) mass is 422 g/mol. The summed E-state index contributed by atoms with van der Waals surface area (Å²) in [5, 5.41) is 2.85. The highest BCUT2D eigenvalue weighted by Gasteiger charge is 2.09. The van der Waals surface area contributed by atoms with E-state index in [0.717, 1.165) is 14.8 Å². The molecular formula is C17H15IN2O3. The maximum absolute atomic E-state index is 12.0. The van der Waals surface area contributed by atoms with E-state index in [1.54, 1.807) is 10.6 Å². The molecule has 0 fully saturated rings. The van der Waals surface area contributed by atoms with Gasteiger partial charge in [-0.3, -0.25) is 9.36 Å². The van der Waals surface area contributed by atoms with Gasteiger partial charge in [-0.25, -0.2) is 4.79 Å². The average Bonchev–Trinajstić information content (AvgIpc) is 2.86. The Morgan fingerprint density at radius 1 is 1.13 bits per heavy atom. The van der Waals surface area contributed by atoms with Crippen LogP contribution in [0.2, 0.25) is 0 Å². The summed E-state index contributed by atoms with van der Waals surface area (Å²) in [6.07, 6.45) is 0.914. The second-order valence-corrected chi connectivity index (χ2v) is 6.39. The summed E-state index contributed by atoms with van der Waals surface area (Å²) < 4.78 is 7.85. The topological polar surface area (TPSA) is 64.2 Å². The van der Waals surface area contributed by atoms with Gasteiger partial charge >= 0.3 is 5.76 Å². The number of anilines is 1. The van der Waals surface area contributed by atoms with Gasteiger partial charge in [-0.2, -0.15) is 0 Å². The number of nitrogens with zero attached hydrogens (tertiary/aromatic N) is 1. The molecule has 1 heterocycles. The van der Waals surface area contributed by atoms with Crippen molar-refractivity contribution >= 4 is 45.3 Å². The molecule has 0 saturated heterocycles. The van der Waals surface area contributed by atoms with Gasteiger partial charge in [0.2, 0.25) is 5.91 Å². The zero-order chi connectivity index (χ0) is 16.2. The molecule has 0 saturated carbocycles. The van der Waals surface area contributed by atoms with E-state index in [9.17, 15) is 9.59 Å². The molecule has 1 amide bonds. The number of para-hydroxylation sites is 2. The van der Waals surface area contributed by atoms with Crippen LogP contribution in [0.5, 0.6) is 0 Å². The van der Waals surface area contributed by atoms with Crippen LogP contribution >= 0.6 is 22.6 Å². The number of benzene rings is 2. The maximum atomic E-state index is 12.0. The molecule has 1 aromatic heterocycles. The number of carbonyl (C=O) groups excluding carboxylic acids is 1. The Kier molecular flexibility index (Phi) is 4.80. The second-order valence-electron chi connectivity index (χ2n) is 5.15. The summed E-state index contributed by atoms with van der Waals surface area (Å²) in [7, 11) is 0. The van der Waals surface area contributed by atoms with Gasteiger partial charge in [-0.05, 0) is 65.4 Å². The van der Waals surface area contributed by atoms with Gasteiger partial charge in [-0.1, -0.05) is 12.1 Å². The van der Waals surface area contributed by atoms with E-state index in [-0.39, 0.29) is 11.7 Å². The summed E-state index contributed by atoms with van der Waals surface area (Å²) in [5.41, 5.74) is 2.11. The SMILES string of the molecule is O=C(CCCn1c(=O)oc2ccccc21)Nc1ccc(I)cc1. The Morgan fingerprint density at radius 2 is 1.87 bits per heavy atom. The molecule has 0 spiro atoms. The number of oxazole rings is 1. The number of rotatable bonds is 5. The van der Waals surface area contributed by atoms with E-state index < -0.39 is 0 Å². The van der Waals surface area contributed by atoms with E-state index in [4.69, 9.17) is 4.42 Å². The van der Waals surface area contributed by atoms with Crippen molar-refractivity contribution in [3.8, 4) is 0 Å². The summed E-state index contributed by atoms with van der Waals surface area (Å²) in [5.74, 6) is -0.448. The molecule has 0 aliphatic rings. The van der Waals surface area contributed by atoms with Crippen LogP contribution in [-0.4, -0.2) is 10.5 Å². The summed E-state index contributed by atoms with van der Waals surface area (Å²) in [6, 6.07) is 14.9. The van der Waals surface area contributed by atoms with Crippen molar-refractivity contribution in [3.05, 3.63) is 62.7 Å². The second kappa shape index (κ2) is 6.99. The molecule has 0 unspecified atom stereocenters. The lowest BCUT2D eigenvalue weighted by molar-refractivity contribution is -0.116. The van der Waals surface area contributed by atoms with Crippen molar-refractivity contribution in [2.24, 2.45) is 0 Å². The fourth-order valence-corrected chi connectivity index (χ4v) is 2.74. The first-order valence-corrected chi connectivity index (χ1v) is 8.35. The van der Waals surface area contributed by atoms with Crippen LogP contribution in [0.1, 0.15) is 12.8 Å². The highest BCUT2D eigenvalue weighted by molar-refractivity contribution is 14.1. The number of hydrogen-bond donors (Lipinski definition) is 1. The Labute approximate surface area is 146 Å². The molecule has 118 valence electrons. The number of carbonyl (C=O) groups is 1. The quantitative estimate of drug-likeness (QED) is 0.639. The molecule has 6 heteroatoms. The summed E-state index contributed by atoms with van der Waals surface area (Å²) in [6.45, 7) is 0.454. The van der Waals surface area contributed by atoms with Crippen LogP contribution < -0.4 is 11.1 Å². The third-order valence-electron chi connectivity index (χ3n) is 3.49. The fraction of sp³-hybridized carbons (Fsp3) is 0.176. The number of fused-ring (bicyclic) bond motifs is 1. The zero-order valence-electron chi connectivity index (χ0n) is 12.3. The van der Waals surface area contributed by atoms with Gasteiger partial charge in [0, 0.05) is 22.2 Å². The molecule has 0 radical (unpaired) electrons. The normalized spacial score (nSPS) is 10.8. The molecule has 23 heavy (non-hydrogen) atoms. The van der Waals surface area contributed by atoms with Gasteiger partial charge in [0.1, 0.15) is 0 Å². The van der Waals surface area contributed by atoms with Crippen molar-refractivity contribution in [3.63, 3.8) is 0 Å². The standard InChI is InChI=1S/C17H15IN2O3/c18-12-7-9-13(10-8-12)19-16(21)6-3-11-20-14-4-1-2-5-15(14)23-17(20)22/h1-2,4-5,7-10H,3,6,11H2,(H,19,21). The lowest BCUT2D eigenvalue weighted by Gasteiger charge is -2.05. The van der Waals surface area contributed by atoms with Gasteiger partial charge in [-0.15, -0.1) is 0 Å². The van der Waals surface area contributed by atoms with E-state index in [1.807, 2.05) is 42.5 Å². The van der Waals surface area contributed by atoms with E-state index >= 15 is 0 Å².